The number of ether oxygens (including phenoxy) is 1. The maximum atomic E-state index is 13.9. The smallest absolute Gasteiger partial charge is 0.431 e. The van der Waals surface area contributed by atoms with Gasteiger partial charge in [0, 0.05) is 35.8 Å². The van der Waals surface area contributed by atoms with Crippen molar-refractivity contribution in [3.63, 3.8) is 0 Å². The van der Waals surface area contributed by atoms with E-state index in [9.17, 15) is 22.7 Å². The summed E-state index contributed by atoms with van der Waals surface area (Å²) in [5.41, 5.74) is -4.21. The highest BCUT2D eigenvalue weighted by Gasteiger charge is 2.56. The number of thiophene rings is 1. The molecule has 2 N–H and O–H groups in total. The van der Waals surface area contributed by atoms with Crippen molar-refractivity contribution in [1.82, 2.24) is 10.3 Å². The second-order valence-corrected chi connectivity index (χ2v) is 8.91. The maximum absolute atomic E-state index is 13.9. The number of hydrogen-bond acceptors (Lipinski definition) is 5. The molecule has 0 spiro atoms. The number of benzene rings is 1. The molecule has 3 aromatic rings. The molecule has 0 aliphatic carbocycles. The zero-order valence-corrected chi connectivity index (χ0v) is 17.5. The zero-order valence-electron chi connectivity index (χ0n) is 16.7. The molecule has 9 heteroatoms. The average Bonchev–Trinajstić information content (AvgIpc) is 3.08. The third-order valence-electron chi connectivity index (χ3n) is 4.99. The molecule has 30 heavy (non-hydrogen) atoms. The van der Waals surface area contributed by atoms with Gasteiger partial charge in [-0.25, -0.2) is 4.39 Å². The van der Waals surface area contributed by atoms with E-state index in [-0.39, 0.29) is 17.9 Å². The van der Waals surface area contributed by atoms with Gasteiger partial charge in [0.2, 0.25) is 5.72 Å². The summed E-state index contributed by atoms with van der Waals surface area (Å²) >= 11 is 1.30. The van der Waals surface area contributed by atoms with Gasteiger partial charge in [-0.05, 0) is 41.1 Å². The molecule has 1 unspecified atom stereocenters. The van der Waals surface area contributed by atoms with Gasteiger partial charge in [0.25, 0.3) is 0 Å². The van der Waals surface area contributed by atoms with Crippen molar-refractivity contribution in [2.24, 2.45) is 0 Å². The largest absolute Gasteiger partial charge is 0.496 e. The van der Waals surface area contributed by atoms with Crippen LogP contribution in [0.3, 0.4) is 0 Å². The van der Waals surface area contributed by atoms with Crippen LogP contribution in [0.2, 0.25) is 0 Å². The Labute approximate surface area is 175 Å². The lowest BCUT2D eigenvalue weighted by Gasteiger charge is -2.38. The van der Waals surface area contributed by atoms with Crippen LogP contribution < -0.4 is 10.1 Å². The lowest BCUT2D eigenvalue weighted by Crippen LogP contribution is -2.59. The second kappa shape index (κ2) is 8.13. The van der Waals surface area contributed by atoms with Crippen LogP contribution >= 0.6 is 11.3 Å². The molecule has 2 heterocycles. The Balaban J connectivity index is 1.88. The predicted octanol–water partition coefficient (Wildman–Crippen LogP) is 5.15. The number of pyridine rings is 1. The van der Waals surface area contributed by atoms with Gasteiger partial charge < -0.3 is 9.84 Å². The molecule has 0 amide bonds. The van der Waals surface area contributed by atoms with Crippen molar-refractivity contribution in [1.29, 1.82) is 0 Å². The van der Waals surface area contributed by atoms with Crippen LogP contribution in [0.15, 0.2) is 42.7 Å². The number of rotatable bonds is 7. The fourth-order valence-electron chi connectivity index (χ4n) is 3.47. The first kappa shape index (κ1) is 22.5. The predicted molar refractivity (Wildman–Crippen MR) is 108 cm³/mol. The van der Waals surface area contributed by atoms with Crippen LogP contribution in [-0.2, 0) is 12.0 Å². The van der Waals surface area contributed by atoms with Crippen LogP contribution in [0.5, 0.6) is 5.75 Å². The van der Waals surface area contributed by atoms with E-state index in [1.54, 1.807) is 24.5 Å². The summed E-state index contributed by atoms with van der Waals surface area (Å²) in [7, 11) is 1.36. The maximum Gasteiger partial charge on any atom is 0.431 e. The molecule has 162 valence electrons. The van der Waals surface area contributed by atoms with Gasteiger partial charge in [0.15, 0.2) is 0 Å². The molecule has 0 bridgehead atoms. The van der Waals surface area contributed by atoms with E-state index >= 15 is 0 Å². The minimum absolute atomic E-state index is 0.189. The van der Waals surface area contributed by atoms with E-state index in [0.717, 1.165) is 16.2 Å². The van der Waals surface area contributed by atoms with Crippen molar-refractivity contribution in [2.75, 3.05) is 7.11 Å². The number of nitrogens with one attached hydrogen (secondary N) is 1. The van der Waals surface area contributed by atoms with E-state index in [4.69, 9.17) is 4.74 Å². The molecule has 0 radical (unpaired) electrons. The van der Waals surface area contributed by atoms with E-state index in [1.165, 1.54) is 44.4 Å². The third-order valence-corrected chi connectivity index (χ3v) is 6.07. The fourth-order valence-corrected chi connectivity index (χ4v) is 4.44. The number of hydrogen-bond donors (Lipinski definition) is 2. The van der Waals surface area contributed by atoms with Gasteiger partial charge in [0.1, 0.15) is 11.6 Å². The van der Waals surface area contributed by atoms with Crippen molar-refractivity contribution in [2.45, 2.75) is 44.1 Å². The van der Waals surface area contributed by atoms with Crippen LogP contribution in [-0.4, -0.2) is 29.1 Å². The molecule has 2 aromatic heterocycles. The number of aromatic nitrogens is 1. The second-order valence-electron chi connectivity index (χ2n) is 7.74. The normalized spacial score (nSPS) is 14.7. The Morgan fingerprint density at radius 3 is 2.53 bits per heavy atom. The third kappa shape index (κ3) is 4.58. The monoisotopic (exact) mass is 442 g/mol. The molecule has 0 aliphatic rings. The summed E-state index contributed by atoms with van der Waals surface area (Å²) in [5, 5.41) is 13.8. The quantitative estimate of drug-likeness (QED) is 0.392. The van der Waals surface area contributed by atoms with Crippen LogP contribution in [0.4, 0.5) is 17.6 Å². The summed E-state index contributed by atoms with van der Waals surface area (Å²) in [6.07, 6.45) is -2.45. The van der Waals surface area contributed by atoms with Gasteiger partial charge >= 0.3 is 6.18 Å². The number of fused-ring (bicyclic) bond motifs is 1. The molecule has 1 aromatic carbocycles. The van der Waals surface area contributed by atoms with E-state index in [1.807, 2.05) is 0 Å². The highest BCUT2D eigenvalue weighted by atomic mass is 32.1. The molecule has 0 aliphatic heterocycles. The fraction of sp³-hybridized carbons (Fsp3) is 0.381. The molecular weight excluding hydrogens is 420 g/mol. The van der Waals surface area contributed by atoms with E-state index in [2.05, 4.69) is 10.3 Å². The molecule has 4 nitrogen and oxygen atoms in total. The van der Waals surface area contributed by atoms with Gasteiger partial charge in [-0.15, -0.1) is 11.3 Å². The summed E-state index contributed by atoms with van der Waals surface area (Å²) in [4.78, 5) is 4.62. The van der Waals surface area contributed by atoms with E-state index in [0.29, 0.717) is 4.88 Å². The summed E-state index contributed by atoms with van der Waals surface area (Å²) < 4.78 is 61.5. The summed E-state index contributed by atoms with van der Waals surface area (Å²) in [6.45, 7) is 2.83. The number of methoxy groups -OCH3 is 1. The van der Waals surface area contributed by atoms with Crippen molar-refractivity contribution in [3.8, 4) is 5.75 Å². The summed E-state index contributed by atoms with van der Waals surface area (Å²) in [6, 6.07) is 7.19. The Hall–Kier alpha value is -2.23. The molecule has 0 saturated heterocycles. The minimum atomic E-state index is -4.96. The molecule has 1 atom stereocenters. The number of alkyl halides is 3. The SMILES string of the molecule is COc1ccc(F)cc1C(C)(C)CC(O)(NCc1cc2ccncc2s1)C(F)(F)F. The Kier molecular flexibility index (Phi) is 6.08. The Morgan fingerprint density at radius 1 is 1.17 bits per heavy atom. The Morgan fingerprint density at radius 2 is 1.90 bits per heavy atom. The first-order valence-corrected chi connectivity index (χ1v) is 9.97. The molecule has 0 fully saturated rings. The first-order valence-electron chi connectivity index (χ1n) is 9.16. The lowest BCUT2D eigenvalue weighted by atomic mass is 9.77. The number of aliphatic hydroxyl groups is 1. The van der Waals surface area contributed by atoms with Crippen molar-refractivity contribution in [3.05, 3.63) is 59.0 Å². The van der Waals surface area contributed by atoms with Gasteiger partial charge in [-0.2, -0.15) is 13.2 Å². The van der Waals surface area contributed by atoms with Crippen molar-refractivity contribution >= 4 is 21.4 Å². The van der Waals surface area contributed by atoms with Gasteiger partial charge in [0.05, 0.1) is 11.8 Å². The lowest BCUT2D eigenvalue weighted by molar-refractivity contribution is -0.280. The highest BCUT2D eigenvalue weighted by molar-refractivity contribution is 7.19. The number of halogens is 4. The first-order chi connectivity index (χ1) is 13.9. The number of nitrogens with zero attached hydrogens (tertiary/aromatic N) is 1. The Bertz CT molecular complexity index is 1000. The van der Waals surface area contributed by atoms with Crippen LogP contribution in [0, 0.1) is 5.82 Å². The molecule has 0 saturated carbocycles. The van der Waals surface area contributed by atoms with Crippen LogP contribution in [0.25, 0.3) is 10.1 Å². The minimum Gasteiger partial charge on any atom is -0.496 e. The highest BCUT2D eigenvalue weighted by Crippen LogP contribution is 2.42. The van der Waals surface area contributed by atoms with Crippen LogP contribution in [0.1, 0.15) is 30.7 Å². The molecule has 3 rings (SSSR count). The van der Waals surface area contributed by atoms with Gasteiger partial charge in [-0.1, -0.05) is 13.8 Å². The average molecular weight is 442 g/mol. The topological polar surface area (TPSA) is 54.4 Å². The van der Waals surface area contributed by atoms with E-state index < -0.39 is 29.6 Å². The zero-order chi connectivity index (χ0) is 22.2. The standard InChI is InChI=1S/C21H22F4N2O2S/c1-19(2,16-9-14(22)4-5-17(16)29-3)12-20(28,21(23,24)25)27-10-15-8-13-6-7-26-11-18(13)30-15/h4-9,11,27-28H,10,12H2,1-3H3. The summed E-state index contributed by atoms with van der Waals surface area (Å²) in [5.74, 6) is -0.343. The van der Waals surface area contributed by atoms with Crippen molar-refractivity contribution < 1.29 is 27.4 Å². The van der Waals surface area contributed by atoms with Gasteiger partial charge in [-0.3, -0.25) is 10.3 Å². The molecular formula is C21H22F4N2O2S.